The Morgan fingerprint density at radius 1 is 1.16 bits per heavy atom. The highest BCUT2D eigenvalue weighted by atomic mass is 79.9. The third kappa shape index (κ3) is 2.01. The maximum absolute atomic E-state index is 4.82. The van der Waals surface area contributed by atoms with Crippen molar-refractivity contribution in [1.29, 1.82) is 0 Å². The van der Waals surface area contributed by atoms with Crippen molar-refractivity contribution in [2.45, 2.75) is 38.3 Å². The quantitative estimate of drug-likeness (QED) is 0.804. The van der Waals surface area contributed by atoms with Crippen molar-refractivity contribution in [2.75, 3.05) is 13.1 Å². The zero-order valence-electron chi connectivity index (χ0n) is 11.0. The van der Waals surface area contributed by atoms with Crippen LogP contribution in [0.15, 0.2) is 22.7 Å². The highest BCUT2D eigenvalue weighted by Gasteiger charge is 2.27. The van der Waals surface area contributed by atoms with Crippen LogP contribution in [0.4, 0.5) is 0 Å². The number of fused-ring (bicyclic) bond motifs is 3. The van der Waals surface area contributed by atoms with E-state index in [1.165, 1.54) is 43.7 Å². The molecule has 1 aliphatic heterocycles. The molecule has 0 bridgehead atoms. The molecule has 0 spiro atoms. The third-order valence-electron chi connectivity index (χ3n) is 4.61. The second-order valence-corrected chi connectivity index (χ2v) is 6.60. The van der Waals surface area contributed by atoms with Gasteiger partial charge in [-0.2, -0.15) is 0 Å². The van der Waals surface area contributed by atoms with Gasteiger partial charge in [0.15, 0.2) is 0 Å². The molecule has 1 aliphatic carbocycles. The van der Waals surface area contributed by atoms with Gasteiger partial charge in [-0.15, -0.1) is 0 Å². The molecule has 0 amide bonds. The van der Waals surface area contributed by atoms with Crippen LogP contribution in [0.1, 0.15) is 25.1 Å². The maximum atomic E-state index is 4.82. The predicted molar refractivity (Wildman–Crippen MR) is 80.3 cm³/mol. The summed E-state index contributed by atoms with van der Waals surface area (Å²) in [5.41, 5.74) is 2.41. The first-order chi connectivity index (χ1) is 9.31. The topological polar surface area (TPSA) is 21.1 Å². The predicted octanol–water partition coefficient (Wildman–Crippen LogP) is 3.21. The van der Waals surface area contributed by atoms with Gasteiger partial charge in [-0.25, -0.2) is 4.98 Å². The Hall–Kier alpha value is -0.870. The molecule has 0 atom stereocenters. The van der Waals surface area contributed by atoms with Crippen molar-refractivity contribution in [2.24, 2.45) is 0 Å². The molecule has 1 aromatic carbocycles. The van der Waals surface area contributed by atoms with Crippen LogP contribution in [-0.4, -0.2) is 33.6 Å². The second-order valence-electron chi connectivity index (χ2n) is 5.68. The van der Waals surface area contributed by atoms with E-state index in [0.29, 0.717) is 0 Å². The van der Waals surface area contributed by atoms with Crippen LogP contribution in [0.3, 0.4) is 0 Å². The largest absolute Gasteiger partial charge is 0.327 e. The van der Waals surface area contributed by atoms with Gasteiger partial charge in [0.1, 0.15) is 5.82 Å². The molecule has 0 saturated heterocycles. The van der Waals surface area contributed by atoms with Gasteiger partial charge in [0.25, 0.3) is 0 Å². The molecule has 0 N–H and O–H groups in total. The Labute approximate surface area is 121 Å². The summed E-state index contributed by atoms with van der Waals surface area (Å²) in [5.74, 6) is 1.26. The summed E-state index contributed by atoms with van der Waals surface area (Å²) >= 11 is 3.53. The van der Waals surface area contributed by atoms with Crippen LogP contribution in [0.2, 0.25) is 0 Å². The summed E-state index contributed by atoms with van der Waals surface area (Å²) in [7, 11) is 0. The van der Waals surface area contributed by atoms with Gasteiger partial charge < -0.3 is 4.57 Å². The number of aromatic nitrogens is 2. The fourth-order valence-corrected chi connectivity index (χ4v) is 3.64. The van der Waals surface area contributed by atoms with Crippen molar-refractivity contribution in [3.63, 3.8) is 0 Å². The minimum Gasteiger partial charge on any atom is -0.327 e. The lowest BCUT2D eigenvalue weighted by atomic mass is 9.91. The summed E-state index contributed by atoms with van der Waals surface area (Å²) in [6.45, 7) is 3.44. The summed E-state index contributed by atoms with van der Waals surface area (Å²) in [5, 5.41) is 0. The number of nitrogens with zero attached hydrogens (tertiary/aromatic N) is 3. The molecule has 4 heteroatoms. The molecule has 4 rings (SSSR count). The summed E-state index contributed by atoms with van der Waals surface area (Å²) < 4.78 is 3.53. The lowest BCUT2D eigenvalue weighted by Gasteiger charge is -2.36. The first-order valence-corrected chi connectivity index (χ1v) is 7.99. The summed E-state index contributed by atoms with van der Waals surface area (Å²) in [4.78, 5) is 7.49. The van der Waals surface area contributed by atoms with Crippen LogP contribution in [0.5, 0.6) is 0 Å². The van der Waals surface area contributed by atoms with Crippen molar-refractivity contribution >= 4 is 27.0 Å². The van der Waals surface area contributed by atoms with E-state index in [-0.39, 0.29) is 0 Å². The summed E-state index contributed by atoms with van der Waals surface area (Å²) in [6.07, 6.45) is 5.30. The molecule has 1 saturated carbocycles. The van der Waals surface area contributed by atoms with Crippen molar-refractivity contribution in [1.82, 2.24) is 14.5 Å². The number of imidazole rings is 1. The second kappa shape index (κ2) is 4.60. The molecular formula is C15H18BrN3. The Balaban J connectivity index is 1.66. The number of rotatable bonds is 1. The average Bonchev–Trinajstić information content (AvgIpc) is 2.54. The first-order valence-electron chi connectivity index (χ1n) is 7.20. The van der Waals surface area contributed by atoms with Gasteiger partial charge in [0.05, 0.1) is 11.0 Å². The van der Waals surface area contributed by atoms with Crippen LogP contribution in [-0.2, 0) is 13.0 Å². The van der Waals surface area contributed by atoms with E-state index in [1.807, 2.05) is 0 Å². The molecule has 2 aliphatic rings. The van der Waals surface area contributed by atoms with E-state index < -0.39 is 0 Å². The fourth-order valence-electron chi connectivity index (χ4n) is 3.29. The molecule has 0 radical (unpaired) electrons. The van der Waals surface area contributed by atoms with Gasteiger partial charge in [-0.05, 0) is 31.0 Å². The monoisotopic (exact) mass is 319 g/mol. The molecular weight excluding hydrogens is 302 g/mol. The maximum Gasteiger partial charge on any atom is 0.111 e. The van der Waals surface area contributed by atoms with Gasteiger partial charge in [-0.1, -0.05) is 22.4 Å². The van der Waals surface area contributed by atoms with Gasteiger partial charge >= 0.3 is 0 Å². The number of halogens is 1. The lowest BCUT2D eigenvalue weighted by Crippen LogP contribution is -2.41. The Bertz CT molecular complexity index is 615. The van der Waals surface area contributed by atoms with E-state index in [9.17, 15) is 0 Å². The van der Waals surface area contributed by atoms with Crippen LogP contribution in [0, 0.1) is 0 Å². The highest BCUT2D eigenvalue weighted by Crippen LogP contribution is 2.27. The Morgan fingerprint density at radius 3 is 2.84 bits per heavy atom. The number of hydrogen-bond acceptors (Lipinski definition) is 2. The zero-order chi connectivity index (χ0) is 12.8. The Morgan fingerprint density at radius 2 is 2.05 bits per heavy atom. The third-order valence-corrected chi connectivity index (χ3v) is 5.11. The summed E-state index contributed by atoms with van der Waals surface area (Å²) in [6, 6.07) is 7.28. The fraction of sp³-hybridized carbons (Fsp3) is 0.533. The van der Waals surface area contributed by atoms with E-state index in [0.717, 1.165) is 29.0 Å². The smallest absolute Gasteiger partial charge is 0.111 e. The highest BCUT2D eigenvalue weighted by molar-refractivity contribution is 9.10. The molecule has 19 heavy (non-hydrogen) atoms. The van der Waals surface area contributed by atoms with Gasteiger partial charge in [0.2, 0.25) is 0 Å². The molecule has 1 fully saturated rings. The average molecular weight is 320 g/mol. The van der Waals surface area contributed by atoms with E-state index in [1.54, 1.807) is 0 Å². The minimum atomic E-state index is 0.852. The standard InChI is InChI=1S/C15H18BrN3/c16-11-4-5-14-13(10-11)17-15-6-7-18(8-9-19(14)15)12-2-1-3-12/h4-5,10,12H,1-3,6-9H2. The molecule has 3 nitrogen and oxygen atoms in total. The van der Waals surface area contributed by atoms with Crippen LogP contribution in [0.25, 0.3) is 11.0 Å². The van der Waals surface area contributed by atoms with Gasteiger partial charge in [0, 0.05) is 36.6 Å². The minimum absolute atomic E-state index is 0.852. The van der Waals surface area contributed by atoms with Crippen LogP contribution < -0.4 is 0 Å². The lowest BCUT2D eigenvalue weighted by molar-refractivity contribution is 0.130. The SMILES string of the molecule is Brc1ccc2c(c1)nc1n2CCN(C2CCC2)CC1. The van der Waals surface area contributed by atoms with Crippen molar-refractivity contribution < 1.29 is 0 Å². The van der Waals surface area contributed by atoms with E-state index in [2.05, 4.69) is 43.6 Å². The molecule has 0 unspecified atom stereocenters. The Kier molecular flexibility index (Phi) is 2.88. The van der Waals surface area contributed by atoms with Crippen molar-refractivity contribution in [3.05, 3.63) is 28.5 Å². The molecule has 1 aromatic heterocycles. The molecule has 2 heterocycles. The molecule has 2 aromatic rings. The van der Waals surface area contributed by atoms with Crippen LogP contribution >= 0.6 is 15.9 Å². The van der Waals surface area contributed by atoms with Gasteiger partial charge in [-0.3, -0.25) is 4.90 Å². The van der Waals surface area contributed by atoms with E-state index in [4.69, 9.17) is 4.98 Å². The number of benzene rings is 1. The zero-order valence-corrected chi connectivity index (χ0v) is 12.6. The van der Waals surface area contributed by atoms with E-state index >= 15 is 0 Å². The number of hydrogen-bond donors (Lipinski definition) is 0. The normalized spacial score (nSPS) is 21.1. The van der Waals surface area contributed by atoms with Crippen molar-refractivity contribution in [3.8, 4) is 0 Å². The first kappa shape index (κ1) is 11.9. The molecule has 100 valence electrons.